The first-order valence-electron chi connectivity index (χ1n) is 8.63. The average molecular weight is 341 g/mol. The molecule has 0 radical (unpaired) electrons. The molecule has 1 saturated heterocycles. The molecule has 0 saturated carbocycles. The van der Waals surface area contributed by atoms with Crippen LogP contribution in [0.1, 0.15) is 28.8 Å². The van der Waals surface area contributed by atoms with E-state index in [0.717, 1.165) is 24.8 Å². The largest absolute Gasteiger partial charge is 0.454 e. The van der Waals surface area contributed by atoms with Gasteiger partial charge in [-0.05, 0) is 55.0 Å². The SMILES string of the molecule is O=C(c1cccc2c1OCO2)N1CCC(Cc2cccc(F)c2)CC1. The first-order chi connectivity index (χ1) is 12.2. The number of hydrogen-bond acceptors (Lipinski definition) is 3. The van der Waals surface area contributed by atoms with Gasteiger partial charge in [0.1, 0.15) is 5.82 Å². The molecule has 2 aromatic carbocycles. The molecule has 0 aromatic heterocycles. The monoisotopic (exact) mass is 341 g/mol. The van der Waals surface area contributed by atoms with Crippen molar-refractivity contribution < 1.29 is 18.7 Å². The lowest BCUT2D eigenvalue weighted by Crippen LogP contribution is -2.39. The summed E-state index contributed by atoms with van der Waals surface area (Å²) in [5.41, 5.74) is 1.59. The van der Waals surface area contributed by atoms with Crippen LogP contribution in [0.5, 0.6) is 11.5 Å². The Bertz CT molecular complexity index is 784. The van der Waals surface area contributed by atoms with Crippen LogP contribution in [0.15, 0.2) is 42.5 Å². The summed E-state index contributed by atoms with van der Waals surface area (Å²) >= 11 is 0. The number of fused-ring (bicyclic) bond motifs is 1. The average Bonchev–Trinajstić information content (AvgIpc) is 3.10. The predicted octanol–water partition coefficient (Wildman–Crippen LogP) is 3.65. The van der Waals surface area contributed by atoms with Crippen molar-refractivity contribution in [3.8, 4) is 11.5 Å². The van der Waals surface area contributed by atoms with E-state index in [1.54, 1.807) is 18.2 Å². The number of piperidine rings is 1. The summed E-state index contributed by atoms with van der Waals surface area (Å²) in [7, 11) is 0. The van der Waals surface area contributed by atoms with E-state index < -0.39 is 0 Å². The van der Waals surface area contributed by atoms with Crippen LogP contribution in [0.4, 0.5) is 4.39 Å². The number of halogens is 1. The summed E-state index contributed by atoms with van der Waals surface area (Å²) in [5.74, 6) is 1.46. The van der Waals surface area contributed by atoms with Crippen molar-refractivity contribution in [1.29, 1.82) is 0 Å². The number of para-hydroxylation sites is 1. The van der Waals surface area contributed by atoms with Crippen molar-refractivity contribution in [1.82, 2.24) is 4.90 Å². The Hall–Kier alpha value is -2.56. The second kappa shape index (κ2) is 6.75. The van der Waals surface area contributed by atoms with Gasteiger partial charge in [-0.1, -0.05) is 18.2 Å². The summed E-state index contributed by atoms with van der Waals surface area (Å²) in [5, 5.41) is 0. The first-order valence-corrected chi connectivity index (χ1v) is 8.63. The Morgan fingerprint density at radius 1 is 1.12 bits per heavy atom. The third-order valence-corrected chi connectivity index (χ3v) is 4.94. The van der Waals surface area contributed by atoms with Gasteiger partial charge in [0.05, 0.1) is 5.56 Å². The molecule has 2 heterocycles. The number of nitrogens with zero attached hydrogens (tertiary/aromatic N) is 1. The van der Waals surface area contributed by atoms with E-state index in [4.69, 9.17) is 9.47 Å². The van der Waals surface area contributed by atoms with Gasteiger partial charge in [-0.3, -0.25) is 4.79 Å². The highest BCUT2D eigenvalue weighted by Crippen LogP contribution is 2.36. The molecular weight excluding hydrogens is 321 g/mol. The van der Waals surface area contributed by atoms with E-state index in [-0.39, 0.29) is 18.5 Å². The summed E-state index contributed by atoms with van der Waals surface area (Å²) in [4.78, 5) is 14.7. The molecule has 1 amide bonds. The molecule has 0 spiro atoms. The molecule has 1 fully saturated rings. The van der Waals surface area contributed by atoms with Crippen molar-refractivity contribution in [2.24, 2.45) is 5.92 Å². The van der Waals surface area contributed by atoms with E-state index in [0.29, 0.717) is 36.1 Å². The van der Waals surface area contributed by atoms with Gasteiger partial charge in [0, 0.05) is 13.1 Å². The number of carbonyl (C=O) groups excluding carboxylic acids is 1. The highest BCUT2D eigenvalue weighted by molar-refractivity contribution is 5.98. The number of rotatable bonds is 3. The Labute approximate surface area is 146 Å². The molecule has 2 aliphatic rings. The number of benzene rings is 2. The number of carbonyl (C=O) groups is 1. The minimum atomic E-state index is -0.190. The summed E-state index contributed by atoms with van der Waals surface area (Å²) in [6, 6.07) is 12.2. The van der Waals surface area contributed by atoms with Crippen molar-refractivity contribution in [2.45, 2.75) is 19.3 Å². The molecule has 0 bridgehead atoms. The van der Waals surface area contributed by atoms with Crippen LogP contribution in [0.25, 0.3) is 0 Å². The third-order valence-electron chi connectivity index (χ3n) is 4.94. The summed E-state index contributed by atoms with van der Waals surface area (Å²) in [6.45, 7) is 1.59. The second-order valence-electron chi connectivity index (χ2n) is 6.61. The van der Waals surface area contributed by atoms with Gasteiger partial charge in [0.2, 0.25) is 6.79 Å². The molecule has 2 aliphatic heterocycles. The molecule has 5 heteroatoms. The van der Waals surface area contributed by atoms with Crippen LogP contribution in [-0.2, 0) is 6.42 Å². The van der Waals surface area contributed by atoms with E-state index in [9.17, 15) is 9.18 Å². The molecule has 130 valence electrons. The van der Waals surface area contributed by atoms with E-state index in [2.05, 4.69) is 0 Å². The van der Waals surface area contributed by atoms with Crippen molar-refractivity contribution in [3.63, 3.8) is 0 Å². The topological polar surface area (TPSA) is 38.8 Å². The molecular formula is C20H20FNO3. The van der Waals surface area contributed by atoms with Gasteiger partial charge in [0.25, 0.3) is 5.91 Å². The molecule has 0 atom stereocenters. The second-order valence-corrected chi connectivity index (χ2v) is 6.61. The van der Waals surface area contributed by atoms with Crippen LogP contribution in [-0.4, -0.2) is 30.7 Å². The molecule has 2 aromatic rings. The Morgan fingerprint density at radius 3 is 2.72 bits per heavy atom. The van der Waals surface area contributed by atoms with Gasteiger partial charge < -0.3 is 14.4 Å². The Morgan fingerprint density at radius 2 is 1.92 bits per heavy atom. The lowest BCUT2D eigenvalue weighted by molar-refractivity contribution is 0.0686. The van der Waals surface area contributed by atoms with Crippen LogP contribution < -0.4 is 9.47 Å². The fourth-order valence-corrected chi connectivity index (χ4v) is 3.61. The Balaban J connectivity index is 1.39. The van der Waals surface area contributed by atoms with Crippen molar-refractivity contribution in [3.05, 3.63) is 59.4 Å². The zero-order valence-electron chi connectivity index (χ0n) is 13.9. The van der Waals surface area contributed by atoms with Crippen molar-refractivity contribution in [2.75, 3.05) is 19.9 Å². The molecule has 25 heavy (non-hydrogen) atoms. The number of likely N-dealkylation sites (tertiary alicyclic amines) is 1. The minimum Gasteiger partial charge on any atom is -0.454 e. The van der Waals surface area contributed by atoms with Gasteiger partial charge in [0.15, 0.2) is 11.5 Å². The third kappa shape index (κ3) is 3.31. The standard InChI is InChI=1S/C20H20FNO3/c21-16-4-1-3-15(12-16)11-14-7-9-22(10-8-14)20(23)17-5-2-6-18-19(17)25-13-24-18/h1-6,12,14H,7-11,13H2. The molecule has 0 unspecified atom stereocenters. The highest BCUT2D eigenvalue weighted by atomic mass is 19.1. The molecule has 4 rings (SSSR count). The summed E-state index contributed by atoms with van der Waals surface area (Å²) in [6.07, 6.45) is 2.71. The Kier molecular flexibility index (Phi) is 4.30. The van der Waals surface area contributed by atoms with Gasteiger partial charge in [-0.25, -0.2) is 4.39 Å². The van der Waals surface area contributed by atoms with E-state index in [1.165, 1.54) is 6.07 Å². The molecule has 0 aliphatic carbocycles. The number of amides is 1. The number of hydrogen-bond donors (Lipinski definition) is 0. The van der Waals surface area contributed by atoms with Crippen LogP contribution in [0, 0.1) is 11.7 Å². The molecule has 0 N–H and O–H groups in total. The van der Waals surface area contributed by atoms with E-state index in [1.807, 2.05) is 23.1 Å². The summed E-state index contributed by atoms with van der Waals surface area (Å²) < 4.78 is 24.1. The number of ether oxygens (including phenoxy) is 2. The van der Waals surface area contributed by atoms with Gasteiger partial charge in [-0.15, -0.1) is 0 Å². The smallest absolute Gasteiger partial charge is 0.257 e. The normalized spacial score (nSPS) is 16.9. The minimum absolute atomic E-state index is 0.00782. The maximum Gasteiger partial charge on any atom is 0.257 e. The van der Waals surface area contributed by atoms with Crippen LogP contribution >= 0.6 is 0 Å². The highest BCUT2D eigenvalue weighted by Gasteiger charge is 2.28. The van der Waals surface area contributed by atoms with E-state index >= 15 is 0 Å². The first kappa shape index (κ1) is 15.9. The van der Waals surface area contributed by atoms with Crippen molar-refractivity contribution >= 4 is 5.91 Å². The maximum absolute atomic E-state index is 13.3. The molecule has 4 nitrogen and oxygen atoms in total. The zero-order valence-corrected chi connectivity index (χ0v) is 13.9. The lowest BCUT2D eigenvalue weighted by atomic mass is 9.90. The van der Waals surface area contributed by atoms with Crippen LogP contribution in [0.3, 0.4) is 0 Å². The maximum atomic E-state index is 13.3. The lowest BCUT2D eigenvalue weighted by Gasteiger charge is -2.32. The fraction of sp³-hybridized carbons (Fsp3) is 0.350. The predicted molar refractivity (Wildman–Crippen MR) is 91.3 cm³/mol. The zero-order chi connectivity index (χ0) is 17.2. The van der Waals surface area contributed by atoms with Gasteiger partial charge >= 0.3 is 0 Å². The quantitative estimate of drug-likeness (QED) is 0.855. The fourth-order valence-electron chi connectivity index (χ4n) is 3.61. The van der Waals surface area contributed by atoms with Crippen LogP contribution in [0.2, 0.25) is 0 Å². The van der Waals surface area contributed by atoms with Gasteiger partial charge in [-0.2, -0.15) is 0 Å².